The van der Waals surface area contributed by atoms with Crippen molar-refractivity contribution in [3.8, 4) is 28.3 Å². The third-order valence-electron chi connectivity index (χ3n) is 13.5. The van der Waals surface area contributed by atoms with Gasteiger partial charge in [-0.1, -0.05) is 24.3 Å². The molecule has 1 saturated heterocycles. The Morgan fingerprint density at radius 1 is 0.951 bits per heavy atom. The molecule has 0 spiro atoms. The lowest BCUT2D eigenvalue weighted by Gasteiger charge is -2.55. The highest BCUT2D eigenvalue weighted by atomic mass is 19.3. The topological polar surface area (TPSA) is 151 Å². The maximum Gasteiger partial charge on any atom is 0.309 e. The van der Waals surface area contributed by atoms with Gasteiger partial charge >= 0.3 is 5.97 Å². The van der Waals surface area contributed by atoms with Crippen LogP contribution in [0.2, 0.25) is 0 Å². The number of fused-ring (bicyclic) bond motifs is 5. The van der Waals surface area contributed by atoms with Crippen LogP contribution in [0.15, 0.2) is 67.0 Å². The number of benzene rings is 3. The van der Waals surface area contributed by atoms with Crippen molar-refractivity contribution in [2.75, 3.05) is 39.7 Å². The molecular formula is C46H50F2N8O5. The number of halogens is 2. The van der Waals surface area contributed by atoms with Crippen molar-refractivity contribution in [2.45, 2.75) is 83.0 Å². The minimum absolute atomic E-state index is 0.0669. The van der Waals surface area contributed by atoms with Crippen LogP contribution in [0.5, 0.6) is 11.5 Å². The van der Waals surface area contributed by atoms with E-state index in [1.807, 2.05) is 66.3 Å². The van der Waals surface area contributed by atoms with Gasteiger partial charge in [-0.3, -0.25) is 19.6 Å². The number of anilines is 2. The summed E-state index contributed by atoms with van der Waals surface area (Å²) in [6.45, 7) is 5.89. The Kier molecular flexibility index (Phi) is 10.2. The molecule has 3 aromatic heterocycles. The number of carboxylic acid groups (broad SMARTS) is 1. The zero-order valence-corrected chi connectivity index (χ0v) is 35.0. The minimum Gasteiger partial charge on any atom is -0.496 e. The molecule has 3 saturated carbocycles. The summed E-state index contributed by atoms with van der Waals surface area (Å²) in [5, 5.41) is 29.2. The van der Waals surface area contributed by atoms with Crippen molar-refractivity contribution in [2.24, 2.45) is 5.41 Å². The largest absolute Gasteiger partial charge is 0.496 e. The summed E-state index contributed by atoms with van der Waals surface area (Å²) < 4.78 is 42.2. The molecular weight excluding hydrogens is 783 g/mol. The molecule has 4 heterocycles. The highest BCUT2D eigenvalue weighted by Gasteiger charge is 2.54. The number of carbonyl (C=O) groups is 1. The number of aliphatic carboxylic acids is 1. The highest BCUT2D eigenvalue weighted by molar-refractivity contribution is 5.97. The van der Waals surface area contributed by atoms with E-state index in [4.69, 9.17) is 14.6 Å². The molecule has 0 amide bonds. The second-order valence-corrected chi connectivity index (χ2v) is 17.5. The van der Waals surface area contributed by atoms with Crippen LogP contribution in [-0.2, 0) is 17.9 Å². The highest BCUT2D eigenvalue weighted by Crippen LogP contribution is 2.55. The molecule has 318 valence electrons. The van der Waals surface area contributed by atoms with E-state index in [9.17, 15) is 23.8 Å². The van der Waals surface area contributed by atoms with Gasteiger partial charge in [0.15, 0.2) is 11.6 Å². The molecule has 3 N–H and O–H groups in total. The minimum atomic E-state index is -2.88. The number of methoxy groups -OCH3 is 2. The fourth-order valence-electron chi connectivity index (χ4n) is 10.0. The van der Waals surface area contributed by atoms with Gasteiger partial charge in [-0.2, -0.15) is 5.10 Å². The number of carboxylic acids is 1. The van der Waals surface area contributed by atoms with E-state index in [0.29, 0.717) is 73.7 Å². The smallest absolute Gasteiger partial charge is 0.309 e. The van der Waals surface area contributed by atoms with Gasteiger partial charge < -0.3 is 25.0 Å². The second-order valence-electron chi connectivity index (χ2n) is 17.5. The number of ether oxygens (including phenoxy) is 2. The summed E-state index contributed by atoms with van der Waals surface area (Å²) >= 11 is 0. The van der Waals surface area contributed by atoms with E-state index in [1.54, 1.807) is 33.4 Å². The van der Waals surface area contributed by atoms with Gasteiger partial charge in [-0.05, 0) is 99.9 Å². The van der Waals surface area contributed by atoms with Gasteiger partial charge in [-0.15, -0.1) is 0 Å². The molecule has 13 nitrogen and oxygen atoms in total. The average molecular weight is 833 g/mol. The van der Waals surface area contributed by atoms with Crippen molar-refractivity contribution >= 4 is 39.4 Å². The molecule has 0 atom stereocenters. The summed E-state index contributed by atoms with van der Waals surface area (Å²) in [6, 6.07) is 17.5. The molecule has 2 bridgehead atoms. The van der Waals surface area contributed by atoms with E-state index >= 15 is 0 Å². The van der Waals surface area contributed by atoms with Crippen LogP contribution in [0.4, 0.5) is 20.3 Å². The Balaban J connectivity index is 1.01. The number of aromatic nitrogens is 5. The van der Waals surface area contributed by atoms with Crippen molar-refractivity contribution < 1.29 is 33.3 Å². The monoisotopic (exact) mass is 832 g/mol. The fourth-order valence-corrected chi connectivity index (χ4v) is 10.0. The van der Waals surface area contributed by atoms with Crippen LogP contribution in [0.3, 0.4) is 0 Å². The molecule has 4 aliphatic rings. The molecule has 61 heavy (non-hydrogen) atoms. The molecule has 3 aliphatic carbocycles. The van der Waals surface area contributed by atoms with E-state index in [2.05, 4.69) is 37.1 Å². The van der Waals surface area contributed by atoms with Crippen LogP contribution in [-0.4, -0.2) is 96.2 Å². The number of pyridine rings is 1. The van der Waals surface area contributed by atoms with Crippen LogP contribution in [0.1, 0.15) is 74.4 Å². The van der Waals surface area contributed by atoms with E-state index < -0.39 is 29.2 Å². The zero-order chi connectivity index (χ0) is 42.8. The first-order valence-corrected chi connectivity index (χ1v) is 20.7. The van der Waals surface area contributed by atoms with E-state index in [0.717, 1.165) is 63.7 Å². The van der Waals surface area contributed by atoms with Crippen LogP contribution >= 0.6 is 0 Å². The third kappa shape index (κ3) is 7.21. The Morgan fingerprint density at radius 3 is 2.26 bits per heavy atom. The van der Waals surface area contributed by atoms with Crippen LogP contribution < -0.4 is 14.8 Å². The Bertz CT molecular complexity index is 2630. The number of alkyl halides is 2. The van der Waals surface area contributed by atoms with Gasteiger partial charge in [0.05, 0.1) is 53.7 Å². The summed E-state index contributed by atoms with van der Waals surface area (Å²) in [7, 11) is 5.42. The van der Waals surface area contributed by atoms with E-state index in [1.165, 1.54) is 0 Å². The molecule has 0 radical (unpaired) electrons. The van der Waals surface area contributed by atoms with Crippen LogP contribution in [0, 0.1) is 12.3 Å². The predicted octanol–water partition coefficient (Wildman–Crippen LogP) is 8.21. The number of nitrogens with zero attached hydrogens (tertiary/aromatic N) is 7. The standard InChI is InChI=1S/C46H50F2N8O5/c1-27-30(8-6-10-34(27)51-41-39-35(52-42(53-41)40(47)48)18-28(21-49-39)23-55-25-44(2,59)26-55)31-9-7-11-36-32(31)22-50-56(36)29-19-37(60-4)33(38(20-29)61-5)24-54(3)46-15-12-45(13-16-46,14-17-46)43(57)58/h6-11,18-22,40,59H,12-17,23-26H2,1-5H3,(H,57,58)(H,51,52,53). The molecule has 3 aromatic carbocycles. The van der Waals surface area contributed by atoms with Crippen molar-refractivity contribution in [3.05, 3.63) is 89.5 Å². The van der Waals surface area contributed by atoms with E-state index in [-0.39, 0.29) is 11.4 Å². The second kappa shape index (κ2) is 15.3. The molecule has 6 aromatic rings. The van der Waals surface area contributed by atoms with Gasteiger partial charge in [0.1, 0.15) is 17.0 Å². The molecule has 0 unspecified atom stereocenters. The quantitative estimate of drug-likeness (QED) is 0.103. The third-order valence-corrected chi connectivity index (χ3v) is 13.5. The lowest BCUT2D eigenvalue weighted by molar-refractivity contribution is -0.160. The normalized spacial score (nSPS) is 21.0. The number of nitrogens with one attached hydrogen (secondary N) is 1. The summed E-state index contributed by atoms with van der Waals surface area (Å²) in [5.41, 5.74) is 6.04. The van der Waals surface area contributed by atoms with Gasteiger partial charge in [0.2, 0.25) is 0 Å². The SMILES string of the molecule is COc1cc(-n2ncc3c(-c4cccc(Nc5nc(C(F)F)nc6cc(CN7CC(C)(O)C7)cnc56)c4C)cccc32)cc(OC)c1CN(C)C12CCC(C(=O)O)(CC1)CC2. The number of rotatable bonds is 13. The lowest BCUT2D eigenvalue weighted by atomic mass is 9.57. The molecule has 15 heteroatoms. The number of hydrogen-bond donors (Lipinski definition) is 3. The predicted molar refractivity (Wildman–Crippen MR) is 228 cm³/mol. The first-order valence-electron chi connectivity index (χ1n) is 20.7. The number of β-amino-alcohol motifs (C(OH)–C–C–N with tert-alkyl or cyclic N) is 1. The maximum absolute atomic E-state index is 14.1. The Morgan fingerprint density at radius 2 is 1.62 bits per heavy atom. The number of likely N-dealkylation sites (tertiary alicyclic amines) is 1. The lowest BCUT2D eigenvalue weighted by Crippen LogP contribution is -2.59. The van der Waals surface area contributed by atoms with Gasteiger partial charge in [0, 0.05) is 61.1 Å². The Labute approximate surface area is 352 Å². The number of hydrogen-bond acceptors (Lipinski definition) is 11. The molecule has 1 aliphatic heterocycles. The van der Waals surface area contributed by atoms with Crippen molar-refractivity contribution in [1.82, 2.24) is 34.5 Å². The maximum atomic E-state index is 14.1. The molecule has 10 rings (SSSR count). The molecule has 4 fully saturated rings. The van der Waals surface area contributed by atoms with Crippen LogP contribution in [0.25, 0.3) is 38.8 Å². The Hall–Kier alpha value is -5.77. The summed E-state index contributed by atoms with van der Waals surface area (Å²) in [4.78, 5) is 29.5. The number of aliphatic hydroxyl groups is 1. The van der Waals surface area contributed by atoms with Crippen molar-refractivity contribution in [1.29, 1.82) is 0 Å². The van der Waals surface area contributed by atoms with Gasteiger partial charge in [-0.25, -0.2) is 23.4 Å². The fraction of sp³-hybridized carbons (Fsp3) is 0.413. The average Bonchev–Trinajstić information content (AvgIpc) is 3.69. The van der Waals surface area contributed by atoms with Gasteiger partial charge in [0.25, 0.3) is 6.43 Å². The summed E-state index contributed by atoms with van der Waals surface area (Å²) in [5.74, 6) is 0.264. The first-order chi connectivity index (χ1) is 29.2. The summed E-state index contributed by atoms with van der Waals surface area (Å²) in [6.07, 6.45) is 5.28. The zero-order valence-electron chi connectivity index (χ0n) is 35.0. The van der Waals surface area contributed by atoms with Crippen molar-refractivity contribution in [3.63, 3.8) is 0 Å². The first kappa shape index (κ1) is 40.6.